The number of nitriles is 1. The molecule has 6 nitrogen and oxygen atoms in total. The van der Waals surface area contributed by atoms with Crippen LogP contribution in [0.3, 0.4) is 0 Å². The summed E-state index contributed by atoms with van der Waals surface area (Å²) in [6, 6.07) is 21.9. The SMILES string of the molecule is N#CC(=Cc1cc(Br)ccc1OCc1ccc([N+](=O)[O-])cc1)C(=O)c1ccccc1. The van der Waals surface area contributed by atoms with Crippen LogP contribution in [0.15, 0.2) is 82.8 Å². The highest BCUT2D eigenvalue weighted by Gasteiger charge is 2.14. The highest BCUT2D eigenvalue weighted by Crippen LogP contribution is 2.27. The number of nitro groups is 1. The van der Waals surface area contributed by atoms with Gasteiger partial charge in [0.05, 0.1) is 4.92 Å². The van der Waals surface area contributed by atoms with Gasteiger partial charge in [0.15, 0.2) is 0 Å². The van der Waals surface area contributed by atoms with Crippen molar-refractivity contribution in [3.05, 3.63) is 110 Å². The lowest BCUT2D eigenvalue weighted by atomic mass is 10.0. The van der Waals surface area contributed by atoms with Gasteiger partial charge in [0.25, 0.3) is 5.69 Å². The molecule has 3 rings (SSSR count). The number of hydrogen-bond donors (Lipinski definition) is 0. The molecule has 0 amide bonds. The van der Waals surface area contributed by atoms with Gasteiger partial charge in [-0.15, -0.1) is 0 Å². The molecule has 0 radical (unpaired) electrons. The Hall–Kier alpha value is -3.76. The summed E-state index contributed by atoms with van der Waals surface area (Å²) in [7, 11) is 0. The molecule has 0 heterocycles. The number of nitro benzene ring substituents is 1. The van der Waals surface area contributed by atoms with Crippen LogP contribution < -0.4 is 4.74 Å². The van der Waals surface area contributed by atoms with Gasteiger partial charge < -0.3 is 4.74 Å². The van der Waals surface area contributed by atoms with Crippen molar-refractivity contribution in [2.75, 3.05) is 0 Å². The first-order valence-electron chi connectivity index (χ1n) is 8.85. The third kappa shape index (κ3) is 5.19. The lowest BCUT2D eigenvalue weighted by Gasteiger charge is -2.10. The average molecular weight is 463 g/mol. The molecular formula is C23H15BrN2O4. The molecular weight excluding hydrogens is 448 g/mol. The van der Waals surface area contributed by atoms with Gasteiger partial charge >= 0.3 is 0 Å². The van der Waals surface area contributed by atoms with Crippen LogP contribution in [-0.4, -0.2) is 10.7 Å². The predicted molar refractivity (Wildman–Crippen MR) is 116 cm³/mol. The molecule has 0 aliphatic rings. The number of rotatable bonds is 7. The average Bonchev–Trinajstić information content (AvgIpc) is 2.77. The lowest BCUT2D eigenvalue weighted by molar-refractivity contribution is -0.384. The summed E-state index contributed by atoms with van der Waals surface area (Å²) in [5.41, 5.74) is 1.73. The maximum Gasteiger partial charge on any atom is 0.269 e. The molecule has 7 heteroatoms. The van der Waals surface area contributed by atoms with Crippen LogP contribution >= 0.6 is 15.9 Å². The molecule has 3 aromatic rings. The second-order valence-electron chi connectivity index (χ2n) is 6.26. The van der Waals surface area contributed by atoms with E-state index in [1.807, 2.05) is 6.07 Å². The van der Waals surface area contributed by atoms with Crippen LogP contribution in [0.4, 0.5) is 5.69 Å². The van der Waals surface area contributed by atoms with Crippen molar-refractivity contribution in [2.45, 2.75) is 6.61 Å². The lowest BCUT2D eigenvalue weighted by Crippen LogP contribution is -2.02. The minimum atomic E-state index is -0.463. The molecule has 148 valence electrons. The minimum Gasteiger partial charge on any atom is -0.488 e. The molecule has 0 aromatic heterocycles. The van der Waals surface area contributed by atoms with Gasteiger partial charge in [-0.2, -0.15) is 5.26 Å². The van der Waals surface area contributed by atoms with E-state index >= 15 is 0 Å². The van der Waals surface area contributed by atoms with Crippen molar-refractivity contribution >= 4 is 33.5 Å². The zero-order valence-corrected chi connectivity index (χ0v) is 17.2. The van der Waals surface area contributed by atoms with Gasteiger partial charge in [0.1, 0.15) is 24.0 Å². The van der Waals surface area contributed by atoms with Gasteiger partial charge in [0, 0.05) is 27.7 Å². The maximum atomic E-state index is 12.6. The van der Waals surface area contributed by atoms with E-state index in [4.69, 9.17) is 4.74 Å². The van der Waals surface area contributed by atoms with Crippen molar-refractivity contribution in [2.24, 2.45) is 0 Å². The molecule has 0 bridgehead atoms. The van der Waals surface area contributed by atoms with E-state index in [0.29, 0.717) is 16.9 Å². The fraction of sp³-hybridized carbons (Fsp3) is 0.0435. The fourth-order valence-electron chi connectivity index (χ4n) is 2.69. The number of allylic oxidation sites excluding steroid dienone is 1. The summed E-state index contributed by atoms with van der Waals surface area (Å²) in [6.45, 7) is 0.176. The van der Waals surface area contributed by atoms with Crippen molar-refractivity contribution < 1.29 is 14.5 Å². The molecule has 0 atom stereocenters. The van der Waals surface area contributed by atoms with Crippen LogP contribution in [-0.2, 0) is 6.61 Å². The Morgan fingerprint density at radius 2 is 1.80 bits per heavy atom. The zero-order valence-electron chi connectivity index (χ0n) is 15.6. The first-order chi connectivity index (χ1) is 14.5. The van der Waals surface area contributed by atoms with E-state index in [-0.39, 0.29) is 23.7 Å². The Kier molecular flexibility index (Phi) is 6.73. The van der Waals surface area contributed by atoms with Gasteiger partial charge in [-0.1, -0.05) is 46.3 Å². The Labute approximate surface area is 181 Å². The van der Waals surface area contributed by atoms with Crippen molar-refractivity contribution in [3.8, 4) is 11.8 Å². The van der Waals surface area contributed by atoms with Crippen molar-refractivity contribution in [1.82, 2.24) is 0 Å². The summed E-state index contributed by atoms with van der Waals surface area (Å²) in [5, 5.41) is 20.3. The van der Waals surface area contributed by atoms with Crippen LogP contribution in [0.25, 0.3) is 6.08 Å². The molecule has 0 unspecified atom stereocenters. The largest absolute Gasteiger partial charge is 0.488 e. The fourth-order valence-corrected chi connectivity index (χ4v) is 3.07. The van der Waals surface area contributed by atoms with Crippen LogP contribution in [0, 0.1) is 21.4 Å². The summed E-state index contributed by atoms with van der Waals surface area (Å²) in [5.74, 6) is 0.101. The predicted octanol–water partition coefficient (Wildman–Crippen LogP) is 5.73. The third-order valence-corrected chi connectivity index (χ3v) is 4.71. The number of Topliss-reactive ketones (excluding diaryl/α,β-unsaturated/α-hetero) is 1. The van der Waals surface area contributed by atoms with E-state index in [1.165, 1.54) is 18.2 Å². The molecule has 0 saturated carbocycles. The minimum absolute atomic E-state index is 0.00380. The maximum absolute atomic E-state index is 12.6. The van der Waals surface area contributed by atoms with Crippen LogP contribution in [0.5, 0.6) is 5.75 Å². The smallest absolute Gasteiger partial charge is 0.269 e. The second kappa shape index (κ2) is 9.63. The van der Waals surface area contributed by atoms with Gasteiger partial charge in [-0.3, -0.25) is 14.9 Å². The number of ketones is 1. The molecule has 0 fully saturated rings. The van der Waals surface area contributed by atoms with Gasteiger partial charge in [-0.25, -0.2) is 0 Å². The van der Waals surface area contributed by atoms with Gasteiger partial charge in [-0.05, 0) is 42.0 Å². The number of non-ortho nitro benzene ring substituents is 1. The molecule has 0 aliphatic heterocycles. The van der Waals surface area contributed by atoms with E-state index in [1.54, 1.807) is 60.7 Å². The first-order valence-corrected chi connectivity index (χ1v) is 9.64. The highest BCUT2D eigenvalue weighted by molar-refractivity contribution is 9.10. The van der Waals surface area contributed by atoms with Gasteiger partial charge in [0.2, 0.25) is 5.78 Å². The normalized spacial score (nSPS) is 10.9. The quantitative estimate of drug-likeness (QED) is 0.147. The number of benzene rings is 3. The number of ether oxygens (including phenoxy) is 1. The number of carbonyl (C=O) groups excluding carboxylic acids is 1. The Bertz CT molecular complexity index is 1150. The summed E-state index contributed by atoms with van der Waals surface area (Å²) in [4.78, 5) is 22.9. The monoisotopic (exact) mass is 462 g/mol. The molecule has 0 aliphatic carbocycles. The number of hydrogen-bond acceptors (Lipinski definition) is 5. The molecule has 30 heavy (non-hydrogen) atoms. The van der Waals surface area contributed by atoms with Crippen molar-refractivity contribution in [1.29, 1.82) is 5.26 Å². The second-order valence-corrected chi connectivity index (χ2v) is 7.18. The molecule has 0 saturated heterocycles. The topological polar surface area (TPSA) is 93.2 Å². The first kappa shape index (κ1) is 21.0. The Morgan fingerprint density at radius 3 is 2.43 bits per heavy atom. The summed E-state index contributed by atoms with van der Waals surface area (Å²) < 4.78 is 6.62. The number of carbonyl (C=O) groups is 1. The Balaban J connectivity index is 1.85. The van der Waals surface area contributed by atoms with E-state index in [9.17, 15) is 20.2 Å². The van der Waals surface area contributed by atoms with E-state index in [0.717, 1.165) is 10.0 Å². The van der Waals surface area contributed by atoms with Crippen LogP contribution in [0.1, 0.15) is 21.5 Å². The molecule has 0 spiro atoms. The van der Waals surface area contributed by atoms with E-state index in [2.05, 4.69) is 15.9 Å². The van der Waals surface area contributed by atoms with E-state index < -0.39 is 4.92 Å². The Morgan fingerprint density at radius 1 is 1.10 bits per heavy atom. The number of nitrogens with zero attached hydrogens (tertiary/aromatic N) is 2. The number of halogens is 1. The molecule has 3 aromatic carbocycles. The zero-order chi connectivity index (χ0) is 21.5. The van der Waals surface area contributed by atoms with Crippen LogP contribution in [0.2, 0.25) is 0 Å². The van der Waals surface area contributed by atoms with Crippen molar-refractivity contribution in [3.63, 3.8) is 0 Å². The summed E-state index contributed by atoms with van der Waals surface area (Å²) in [6.07, 6.45) is 1.49. The third-order valence-electron chi connectivity index (χ3n) is 4.21. The highest BCUT2D eigenvalue weighted by atomic mass is 79.9. The summed E-state index contributed by atoms with van der Waals surface area (Å²) >= 11 is 3.39. The standard InChI is InChI=1S/C23H15BrN2O4/c24-20-8-11-22(30-15-16-6-9-21(10-7-16)26(28)29)18(13-20)12-19(14-25)23(27)17-4-2-1-3-5-17/h1-13H,15H2. The molecule has 0 N–H and O–H groups in total.